The maximum Gasteiger partial charge on any atom is 0.410 e. The molecule has 6 aliphatic carbocycles. The molecule has 12 fully saturated rings. The Labute approximate surface area is 692 Å². The Morgan fingerprint density at radius 1 is 0.368 bits per heavy atom. The smallest absolute Gasteiger partial charge is 0.410 e. The Bertz CT molecular complexity index is 2900. The summed E-state index contributed by atoms with van der Waals surface area (Å²) in [6.07, 6.45) is 45.8. The summed E-state index contributed by atoms with van der Waals surface area (Å²) in [5, 5.41) is 0. The van der Waals surface area contributed by atoms with Gasteiger partial charge in [0.1, 0.15) is 39.2 Å². The highest BCUT2D eigenvalue weighted by Gasteiger charge is 2.57. The summed E-state index contributed by atoms with van der Waals surface area (Å²) in [4.78, 5) is 94.6. The number of hydrogen-bond donors (Lipinski definition) is 0. The van der Waals surface area contributed by atoms with Crippen molar-refractivity contribution in [2.45, 2.75) is 413 Å². The molecule has 0 spiro atoms. The number of carbonyl (C=O) groups excluding carboxylic acids is 7. The second-order valence-electron chi connectivity index (χ2n) is 38.3. The summed E-state index contributed by atoms with van der Waals surface area (Å²) < 4.78 is 39.4. The van der Waals surface area contributed by atoms with Crippen molar-refractivity contribution in [3.05, 3.63) is 35.9 Å². The molecule has 6 heterocycles. The molecule has 0 unspecified atom stereocenters. The molecule has 1 aromatic rings. The third-order valence-corrected chi connectivity index (χ3v) is 26.7. The van der Waals surface area contributed by atoms with Crippen molar-refractivity contribution in [3.8, 4) is 0 Å². The van der Waals surface area contributed by atoms with Crippen molar-refractivity contribution >= 4 is 42.5 Å². The Kier molecular flexibility index (Phi) is 41.2. The van der Waals surface area contributed by atoms with Gasteiger partial charge in [0, 0.05) is 85.0 Å². The minimum absolute atomic E-state index is 0.0281. The highest BCUT2D eigenvalue weighted by Crippen LogP contribution is 2.59. The fourth-order valence-corrected chi connectivity index (χ4v) is 18.3. The molecular weight excluding hydrogens is 1440 g/mol. The van der Waals surface area contributed by atoms with Crippen LogP contribution < -0.4 is 0 Å². The van der Waals surface area contributed by atoms with Gasteiger partial charge in [-0.05, 0) is 342 Å². The van der Waals surface area contributed by atoms with Gasteiger partial charge in [0.15, 0.2) is 0 Å². The van der Waals surface area contributed by atoms with Gasteiger partial charge in [0.25, 0.3) is 0 Å². The van der Waals surface area contributed by atoms with Crippen molar-refractivity contribution in [1.82, 2.24) is 29.4 Å². The highest BCUT2D eigenvalue weighted by atomic mass is 16.6. The molecule has 0 atom stereocenters. The number of ether oxygens (including phenoxy) is 7. The number of hydrogen-bond acceptors (Lipinski definition) is 14. The predicted octanol–water partition coefficient (Wildman–Crippen LogP) is 23.6. The first-order valence-corrected chi connectivity index (χ1v) is 46.3. The third kappa shape index (κ3) is 34.0. The van der Waals surface area contributed by atoms with Crippen LogP contribution in [0.2, 0.25) is 0 Å². The van der Waals surface area contributed by atoms with E-state index >= 15 is 0 Å². The number of esters is 1. The number of rotatable bonds is 16. The second kappa shape index (κ2) is 48.4. The van der Waals surface area contributed by atoms with Crippen LogP contribution in [0.1, 0.15) is 373 Å². The van der Waals surface area contributed by atoms with Gasteiger partial charge in [-0.15, -0.1) is 0 Å². The Hall–Kier alpha value is -5.69. The summed E-state index contributed by atoms with van der Waals surface area (Å²) in [7, 11) is 0. The van der Waals surface area contributed by atoms with E-state index in [2.05, 4.69) is 60.6 Å². The maximum absolute atomic E-state index is 12.5. The predicted molar refractivity (Wildman–Crippen MR) is 457 cm³/mol. The van der Waals surface area contributed by atoms with Crippen LogP contribution in [0.5, 0.6) is 0 Å². The van der Waals surface area contributed by atoms with E-state index in [1.54, 1.807) is 4.90 Å². The molecule has 20 nitrogen and oxygen atoms in total. The SMILES string of the molecule is CC(C)(C)OC(=O)N1CCCCC1.CC(C)(OC(=O)N1CCCCC1)C1CCCCC1.CC1(OC(=O)N2CCCCC2)C2CC3CC(C2)CC1C3.CC1(OC(=O)N2CCCCC2)CCCCC1.CCC(C)(C)OC(=O)CCCc1ccccc1.CCC(C)(C)OC(=O)N1CCCCC1.CCC(CC)(CC)OC(=O)N1CCCCC1. The molecule has 1 aromatic carbocycles. The Balaban J connectivity index is 0.000000208. The number of piperidine rings is 6. The average Bonchev–Trinajstić information content (AvgIpc) is 0.732. The first-order valence-electron chi connectivity index (χ1n) is 46.3. The van der Waals surface area contributed by atoms with Crippen LogP contribution in [0.4, 0.5) is 28.8 Å². The zero-order chi connectivity index (χ0) is 83.4. The average molecular weight is 1600 g/mol. The number of aryl methyl sites for hydroxylation is 1. The largest absolute Gasteiger partial charge is 0.460 e. The van der Waals surface area contributed by atoms with Crippen molar-refractivity contribution in [2.75, 3.05) is 78.5 Å². The summed E-state index contributed by atoms with van der Waals surface area (Å²) in [5.74, 6) is 3.58. The van der Waals surface area contributed by atoms with Gasteiger partial charge in [-0.1, -0.05) is 90.6 Å². The van der Waals surface area contributed by atoms with Crippen LogP contribution in [0.25, 0.3) is 0 Å². The van der Waals surface area contributed by atoms with Crippen LogP contribution >= 0.6 is 0 Å². The number of nitrogens with zero attached hydrogens (tertiary/aromatic N) is 6. The molecule has 20 heteroatoms. The van der Waals surface area contributed by atoms with E-state index in [1.165, 1.54) is 128 Å². The van der Waals surface area contributed by atoms with E-state index in [9.17, 15) is 33.6 Å². The summed E-state index contributed by atoms with van der Waals surface area (Å²) in [5.41, 5.74) is -0.638. The quantitative estimate of drug-likeness (QED) is 0.112. The molecule has 0 N–H and O–H groups in total. The molecule has 654 valence electrons. The monoisotopic (exact) mass is 1600 g/mol. The first kappa shape index (κ1) is 97.1. The van der Waals surface area contributed by atoms with Gasteiger partial charge >= 0.3 is 42.5 Å². The fraction of sp³-hybridized carbons (Fsp3) is 0.862. The molecule has 0 radical (unpaired) electrons. The minimum Gasteiger partial charge on any atom is -0.460 e. The van der Waals surface area contributed by atoms with E-state index in [-0.39, 0.29) is 81.7 Å². The summed E-state index contributed by atoms with van der Waals surface area (Å²) in [6, 6.07) is 10.2. The molecule has 114 heavy (non-hydrogen) atoms. The van der Waals surface area contributed by atoms with Gasteiger partial charge in [0.2, 0.25) is 0 Å². The van der Waals surface area contributed by atoms with Gasteiger partial charge in [-0.25, -0.2) is 28.8 Å². The van der Waals surface area contributed by atoms with Crippen molar-refractivity contribution in [2.24, 2.45) is 29.6 Å². The van der Waals surface area contributed by atoms with Gasteiger partial charge in [0.05, 0.1) is 0 Å². The molecule has 12 aliphatic rings. The molecule has 6 aliphatic heterocycles. The maximum atomic E-state index is 12.5. The molecule has 4 bridgehead atoms. The van der Waals surface area contributed by atoms with Crippen LogP contribution in [0.3, 0.4) is 0 Å². The lowest BCUT2D eigenvalue weighted by Gasteiger charge is -2.59. The molecular formula is C94H164N6O14. The fourth-order valence-electron chi connectivity index (χ4n) is 18.3. The molecule has 6 saturated heterocycles. The topological polar surface area (TPSA) is 204 Å². The standard InChI is InChI=1S/C17H27NO2.C15H27NO2.C15H22O2.C13H23NO2.C13H25NO2.C11H21NO2.C10H19NO2/c1-17(20-16(19)18-5-3-2-4-6-18)14-8-12-7-13(10-14)11-15(17)9-12;1-15(2,13-9-5-3-6-10-13)18-14(17)16-11-7-4-8-12-16;1-4-15(2,3)17-14(16)12-8-11-13-9-6-5-7-10-13;1-13(8-4-2-5-9-13)16-12(15)14-10-6-3-7-11-14;1-4-13(5-2,6-3)16-12(15)14-10-8-7-9-11-14;1-4-11(2,3)14-10(13)12-8-6-5-7-9-12;1-10(2,3)13-9(12)11-7-5-4-6-8-11/h12-15H,2-11H2,1H3;13H,3-12H2,1-2H3;5-7,9-10H,4,8,11-12H2,1-3H3;2-11H2,1H3;4-11H2,1-3H3;4-9H2,1-3H3;4-8H2,1-3H3. The lowest BCUT2D eigenvalue weighted by molar-refractivity contribution is -0.167. The minimum atomic E-state index is -0.367. The van der Waals surface area contributed by atoms with Crippen molar-refractivity contribution in [3.63, 3.8) is 0 Å². The van der Waals surface area contributed by atoms with E-state index in [0.717, 1.165) is 225 Å². The van der Waals surface area contributed by atoms with Gasteiger partial charge in [-0.2, -0.15) is 0 Å². The van der Waals surface area contributed by atoms with Crippen LogP contribution in [0.15, 0.2) is 30.3 Å². The van der Waals surface area contributed by atoms with E-state index in [1.807, 2.05) is 105 Å². The first-order chi connectivity index (χ1) is 54.2. The number of carbonyl (C=O) groups is 7. The number of benzene rings is 1. The molecule has 0 aromatic heterocycles. The zero-order valence-electron chi connectivity index (χ0n) is 75.1. The molecule has 13 rings (SSSR count). The van der Waals surface area contributed by atoms with E-state index in [0.29, 0.717) is 24.2 Å². The lowest BCUT2D eigenvalue weighted by atomic mass is 9.50. The Morgan fingerprint density at radius 3 is 1.08 bits per heavy atom. The summed E-state index contributed by atoms with van der Waals surface area (Å²) in [6.45, 7) is 42.8. The molecule has 6 amide bonds. The Morgan fingerprint density at radius 2 is 0.702 bits per heavy atom. The highest BCUT2D eigenvalue weighted by molar-refractivity contribution is 5.71. The normalized spacial score (nSPS) is 23.8. The van der Waals surface area contributed by atoms with E-state index < -0.39 is 0 Å². The number of amides is 6. The van der Waals surface area contributed by atoms with Gasteiger partial charge < -0.3 is 62.6 Å². The van der Waals surface area contributed by atoms with Crippen LogP contribution in [0, 0.1) is 29.6 Å². The lowest BCUT2D eigenvalue weighted by Crippen LogP contribution is -2.59. The third-order valence-electron chi connectivity index (χ3n) is 26.7. The van der Waals surface area contributed by atoms with Gasteiger partial charge in [-0.3, -0.25) is 4.79 Å². The number of likely N-dealkylation sites (tertiary alicyclic amines) is 6. The van der Waals surface area contributed by atoms with Crippen molar-refractivity contribution < 1.29 is 66.7 Å². The van der Waals surface area contributed by atoms with Crippen LogP contribution in [-0.4, -0.2) is 190 Å². The molecule has 6 saturated carbocycles. The van der Waals surface area contributed by atoms with E-state index in [4.69, 9.17) is 33.2 Å². The summed E-state index contributed by atoms with van der Waals surface area (Å²) >= 11 is 0. The van der Waals surface area contributed by atoms with Crippen molar-refractivity contribution in [1.29, 1.82) is 0 Å². The van der Waals surface area contributed by atoms with Crippen LogP contribution in [-0.2, 0) is 44.4 Å². The second-order valence-corrected chi connectivity index (χ2v) is 38.3. The zero-order valence-corrected chi connectivity index (χ0v) is 75.1.